The second-order valence-electron chi connectivity index (χ2n) is 6.63. The number of piperazine rings is 1. The number of hydrogen-bond acceptors (Lipinski definition) is 3. The molecule has 4 nitrogen and oxygen atoms in total. The van der Waals surface area contributed by atoms with Gasteiger partial charge in [0, 0.05) is 37.9 Å². The summed E-state index contributed by atoms with van der Waals surface area (Å²) in [6, 6.07) is 7.77. The smallest absolute Gasteiger partial charge is 0.110 e. The Kier molecular flexibility index (Phi) is 3.23. The molecule has 2 aliphatic rings. The van der Waals surface area contributed by atoms with Crippen LogP contribution in [0.2, 0.25) is 0 Å². The summed E-state index contributed by atoms with van der Waals surface area (Å²) in [6.45, 7) is 9.15. The van der Waals surface area contributed by atoms with Crippen molar-refractivity contribution in [2.24, 2.45) is 0 Å². The second-order valence-corrected chi connectivity index (χ2v) is 6.63. The van der Waals surface area contributed by atoms with Crippen LogP contribution in [0.25, 0.3) is 5.52 Å². The second kappa shape index (κ2) is 5.11. The Morgan fingerprint density at radius 2 is 2.19 bits per heavy atom. The molecule has 0 saturated carbocycles. The third-order valence-corrected chi connectivity index (χ3v) is 5.22. The molecule has 0 bridgehead atoms. The van der Waals surface area contributed by atoms with Crippen LogP contribution in [0.3, 0.4) is 0 Å². The van der Waals surface area contributed by atoms with Gasteiger partial charge in [0.1, 0.15) is 5.82 Å². The van der Waals surface area contributed by atoms with E-state index >= 15 is 0 Å². The largest absolute Gasteiger partial charge is 0.304 e. The molecule has 0 amide bonds. The zero-order chi connectivity index (χ0) is 14.4. The van der Waals surface area contributed by atoms with Gasteiger partial charge in [-0.25, -0.2) is 4.98 Å². The monoisotopic (exact) mass is 284 g/mol. The lowest BCUT2D eigenvalue weighted by molar-refractivity contribution is 0.0535. The summed E-state index contributed by atoms with van der Waals surface area (Å²) >= 11 is 0. The molecule has 0 unspecified atom stereocenters. The van der Waals surface area contributed by atoms with Crippen molar-refractivity contribution in [3.63, 3.8) is 0 Å². The number of aryl methyl sites for hydroxylation is 1. The van der Waals surface area contributed by atoms with Crippen molar-refractivity contribution < 1.29 is 0 Å². The Morgan fingerprint density at radius 3 is 3.10 bits per heavy atom. The number of imidazole rings is 1. The first kappa shape index (κ1) is 13.3. The van der Waals surface area contributed by atoms with Crippen LogP contribution in [0, 0.1) is 6.92 Å². The molecule has 2 aromatic rings. The van der Waals surface area contributed by atoms with Crippen LogP contribution in [0.1, 0.15) is 31.3 Å². The van der Waals surface area contributed by atoms with E-state index < -0.39 is 0 Å². The third kappa shape index (κ3) is 2.27. The molecular weight excluding hydrogens is 260 g/mol. The SMILES string of the molecule is Cc1nc(CN2C[C@@H]3CCCN3C[C@H]2C)c2ccccn12. The molecule has 4 heterocycles. The Hall–Kier alpha value is -1.39. The van der Waals surface area contributed by atoms with E-state index in [9.17, 15) is 0 Å². The van der Waals surface area contributed by atoms with E-state index in [1.165, 1.54) is 43.7 Å². The van der Waals surface area contributed by atoms with Gasteiger partial charge in [-0.2, -0.15) is 0 Å². The predicted octanol–water partition coefficient (Wildman–Crippen LogP) is 2.31. The number of fused-ring (bicyclic) bond motifs is 2. The van der Waals surface area contributed by atoms with Gasteiger partial charge in [-0.05, 0) is 45.4 Å². The summed E-state index contributed by atoms with van der Waals surface area (Å²) in [7, 11) is 0. The van der Waals surface area contributed by atoms with Crippen molar-refractivity contribution in [3.8, 4) is 0 Å². The molecule has 0 N–H and O–H groups in total. The van der Waals surface area contributed by atoms with Crippen molar-refractivity contribution in [1.29, 1.82) is 0 Å². The van der Waals surface area contributed by atoms with E-state index in [0.717, 1.165) is 18.4 Å². The molecule has 112 valence electrons. The van der Waals surface area contributed by atoms with Gasteiger partial charge in [-0.15, -0.1) is 0 Å². The number of nitrogens with zero attached hydrogens (tertiary/aromatic N) is 4. The molecule has 21 heavy (non-hydrogen) atoms. The van der Waals surface area contributed by atoms with Gasteiger partial charge in [0.25, 0.3) is 0 Å². The summed E-state index contributed by atoms with van der Waals surface area (Å²) in [6.07, 6.45) is 4.85. The van der Waals surface area contributed by atoms with E-state index in [1.807, 2.05) is 0 Å². The highest BCUT2D eigenvalue weighted by Crippen LogP contribution is 2.26. The van der Waals surface area contributed by atoms with E-state index in [1.54, 1.807) is 0 Å². The summed E-state index contributed by atoms with van der Waals surface area (Å²) in [5, 5.41) is 0. The standard InChI is InChI=1S/C17H24N4/c1-13-10-19-8-5-6-15(19)11-20(13)12-16-17-7-3-4-9-21(17)14(2)18-16/h3-4,7,9,13,15H,5-6,8,10-12H2,1-2H3/t13-,15+/m1/s1. The van der Waals surface area contributed by atoms with Gasteiger partial charge >= 0.3 is 0 Å². The highest BCUT2D eigenvalue weighted by atomic mass is 15.3. The molecule has 2 atom stereocenters. The minimum atomic E-state index is 0.625. The van der Waals surface area contributed by atoms with E-state index in [4.69, 9.17) is 4.98 Å². The van der Waals surface area contributed by atoms with Crippen LogP contribution in [-0.2, 0) is 6.54 Å². The first-order valence-corrected chi connectivity index (χ1v) is 8.13. The van der Waals surface area contributed by atoms with Gasteiger partial charge in [0.05, 0.1) is 11.2 Å². The maximum atomic E-state index is 4.81. The topological polar surface area (TPSA) is 23.8 Å². The normalized spacial score (nSPS) is 27.3. The molecule has 4 heteroatoms. The van der Waals surface area contributed by atoms with Gasteiger partial charge in [0.2, 0.25) is 0 Å². The highest BCUT2D eigenvalue weighted by molar-refractivity contribution is 5.53. The van der Waals surface area contributed by atoms with Crippen molar-refractivity contribution >= 4 is 5.52 Å². The number of hydrogen-bond donors (Lipinski definition) is 0. The van der Waals surface area contributed by atoms with Crippen LogP contribution in [-0.4, -0.2) is 50.9 Å². The van der Waals surface area contributed by atoms with Crippen molar-refractivity contribution in [2.75, 3.05) is 19.6 Å². The van der Waals surface area contributed by atoms with Crippen LogP contribution >= 0.6 is 0 Å². The minimum Gasteiger partial charge on any atom is -0.304 e. The Morgan fingerprint density at radius 1 is 1.29 bits per heavy atom. The fourth-order valence-electron chi connectivity index (χ4n) is 4.04. The molecule has 0 radical (unpaired) electrons. The van der Waals surface area contributed by atoms with Crippen LogP contribution in [0.4, 0.5) is 0 Å². The summed E-state index contributed by atoms with van der Waals surface area (Å²) in [5.74, 6) is 1.09. The zero-order valence-electron chi connectivity index (χ0n) is 13.0. The number of rotatable bonds is 2. The molecule has 2 aromatic heterocycles. The minimum absolute atomic E-state index is 0.625. The molecular formula is C17H24N4. The van der Waals surface area contributed by atoms with E-state index in [-0.39, 0.29) is 0 Å². The maximum absolute atomic E-state index is 4.81. The van der Waals surface area contributed by atoms with Crippen LogP contribution < -0.4 is 0 Å². The molecule has 0 aromatic carbocycles. The molecule has 2 aliphatic heterocycles. The van der Waals surface area contributed by atoms with Gasteiger partial charge < -0.3 is 4.40 Å². The molecule has 4 rings (SSSR count). The summed E-state index contributed by atoms with van der Waals surface area (Å²) in [4.78, 5) is 10.1. The van der Waals surface area contributed by atoms with E-state index in [0.29, 0.717) is 6.04 Å². The first-order chi connectivity index (χ1) is 10.2. The lowest BCUT2D eigenvalue weighted by Gasteiger charge is -2.42. The fraction of sp³-hybridized carbons (Fsp3) is 0.588. The van der Waals surface area contributed by atoms with Crippen LogP contribution in [0.15, 0.2) is 24.4 Å². The van der Waals surface area contributed by atoms with Gasteiger partial charge in [-0.3, -0.25) is 9.80 Å². The van der Waals surface area contributed by atoms with Gasteiger partial charge in [-0.1, -0.05) is 6.07 Å². The van der Waals surface area contributed by atoms with Crippen molar-refractivity contribution in [1.82, 2.24) is 19.2 Å². The highest BCUT2D eigenvalue weighted by Gasteiger charge is 2.34. The molecule has 0 spiro atoms. The van der Waals surface area contributed by atoms with Crippen molar-refractivity contribution in [2.45, 2.75) is 45.3 Å². The predicted molar refractivity (Wildman–Crippen MR) is 84.4 cm³/mol. The average Bonchev–Trinajstić information content (AvgIpc) is 3.05. The number of aromatic nitrogens is 2. The Bertz CT molecular complexity index is 647. The summed E-state index contributed by atoms with van der Waals surface area (Å²) in [5.41, 5.74) is 2.49. The van der Waals surface area contributed by atoms with Gasteiger partial charge in [0.15, 0.2) is 0 Å². The lowest BCUT2D eigenvalue weighted by atomic mass is 10.1. The van der Waals surface area contributed by atoms with Crippen molar-refractivity contribution in [3.05, 3.63) is 35.9 Å². The van der Waals surface area contributed by atoms with E-state index in [2.05, 4.69) is 52.4 Å². The van der Waals surface area contributed by atoms with Crippen LogP contribution in [0.5, 0.6) is 0 Å². The molecule has 2 saturated heterocycles. The zero-order valence-corrected chi connectivity index (χ0v) is 13.0. The quantitative estimate of drug-likeness (QED) is 0.845. The Labute approximate surface area is 126 Å². The molecule has 2 fully saturated rings. The number of pyridine rings is 1. The third-order valence-electron chi connectivity index (χ3n) is 5.22. The first-order valence-electron chi connectivity index (χ1n) is 8.13. The molecule has 0 aliphatic carbocycles. The lowest BCUT2D eigenvalue weighted by Crippen LogP contribution is -2.54. The fourth-order valence-corrected chi connectivity index (χ4v) is 4.04. The Balaban J connectivity index is 1.59. The summed E-state index contributed by atoms with van der Waals surface area (Å²) < 4.78 is 2.20. The average molecular weight is 284 g/mol. The maximum Gasteiger partial charge on any atom is 0.110 e.